The third-order valence-electron chi connectivity index (χ3n) is 3.23. The van der Waals surface area contributed by atoms with Crippen molar-refractivity contribution in [3.63, 3.8) is 0 Å². The normalized spacial score (nSPS) is 18.1. The van der Waals surface area contributed by atoms with Crippen molar-refractivity contribution in [1.29, 1.82) is 0 Å². The highest BCUT2D eigenvalue weighted by molar-refractivity contribution is 6.30. The van der Waals surface area contributed by atoms with E-state index >= 15 is 0 Å². The van der Waals surface area contributed by atoms with Crippen molar-refractivity contribution in [2.75, 3.05) is 6.54 Å². The molecular weight excluding hydrogens is 210 g/mol. The molecule has 1 saturated carbocycles. The smallest absolute Gasteiger partial charge is 0.131 e. The fourth-order valence-corrected chi connectivity index (χ4v) is 2.00. The summed E-state index contributed by atoms with van der Waals surface area (Å²) >= 11 is 6.14. The molecule has 4 heteroatoms. The first-order valence-electron chi connectivity index (χ1n) is 5.40. The zero-order chi connectivity index (χ0) is 11.1. The Hall–Kier alpha value is -0.540. The summed E-state index contributed by atoms with van der Waals surface area (Å²) in [7, 11) is 1.88. The molecule has 15 heavy (non-hydrogen) atoms. The molecule has 1 heterocycles. The van der Waals surface area contributed by atoms with Crippen LogP contribution in [0.15, 0.2) is 0 Å². The van der Waals surface area contributed by atoms with Crippen molar-refractivity contribution >= 4 is 11.6 Å². The summed E-state index contributed by atoms with van der Waals surface area (Å²) in [6, 6.07) is 0. The van der Waals surface area contributed by atoms with E-state index in [2.05, 4.69) is 17.3 Å². The van der Waals surface area contributed by atoms with Crippen LogP contribution < -0.4 is 5.32 Å². The van der Waals surface area contributed by atoms with E-state index in [1.165, 1.54) is 12.8 Å². The van der Waals surface area contributed by atoms with Crippen molar-refractivity contribution in [2.45, 2.75) is 33.2 Å². The third kappa shape index (κ3) is 2.34. The van der Waals surface area contributed by atoms with Crippen LogP contribution in [0.3, 0.4) is 0 Å². The van der Waals surface area contributed by atoms with Gasteiger partial charge in [-0.15, -0.1) is 0 Å². The Balaban J connectivity index is 1.92. The molecule has 0 unspecified atom stereocenters. The number of nitrogens with zero attached hydrogens (tertiary/aromatic N) is 2. The highest BCUT2D eigenvalue weighted by Crippen LogP contribution is 2.44. The Labute approximate surface area is 95.8 Å². The van der Waals surface area contributed by atoms with E-state index in [-0.39, 0.29) is 0 Å². The predicted molar refractivity (Wildman–Crippen MR) is 62.0 cm³/mol. The number of rotatable bonds is 4. The SMILES string of the molecule is Cc1nn(C)c(Cl)c1CNCC1(C)CC1. The van der Waals surface area contributed by atoms with Gasteiger partial charge >= 0.3 is 0 Å². The zero-order valence-corrected chi connectivity index (χ0v) is 10.4. The molecule has 0 bridgehead atoms. The summed E-state index contributed by atoms with van der Waals surface area (Å²) in [5.41, 5.74) is 2.70. The molecule has 0 saturated heterocycles. The Bertz CT molecular complexity index is 366. The van der Waals surface area contributed by atoms with E-state index in [9.17, 15) is 0 Å². The molecule has 0 radical (unpaired) electrons. The number of hydrogen-bond acceptors (Lipinski definition) is 2. The first-order chi connectivity index (χ1) is 7.02. The quantitative estimate of drug-likeness (QED) is 0.856. The minimum Gasteiger partial charge on any atom is -0.312 e. The van der Waals surface area contributed by atoms with Gasteiger partial charge in [0, 0.05) is 25.7 Å². The largest absolute Gasteiger partial charge is 0.312 e. The van der Waals surface area contributed by atoms with Crippen LogP contribution in [0.5, 0.6) is 0 Å². The molecule has 0 spiro atoms. The lowest BCUT2D eigenvalue weighted by Gasteiger charge is -2.09. The Morgan fingerprint density at radius 3 is 2.67 bits per heavy atom. The number of halogens is 1. The van der Waals surface area contributed by atoms with E-state index in [1.807, 2.05) is 14.0 Å². The maximum atomic E-state index is 6.14. The van der Waals surface area contributed by atoms with Crippen LogP contribution in [-0.2, 0) is 13.6 Å². The zero-order valence-electron chi connectivity index (χ0n) is 9.60. The number of aryl methyl sites for hydroxylation is 2. The molecule has 1 fully saturated rings. The number of aromatic nitrogens is 2. The van der Waals surface area contributed by atoms with Gasteiger partial charge in [-0.1, -0.05) is 18.5 Å². The lowest BCUT2D eigenvalue weighted by atomic mass is 10.1. The van der Waals surface area contributed by atoms with Gasteiger partial charge in [0.25, 0.3) is 0 Å². The number of hydrogen-bond donors (Lipinski definition) is 1. The highest BCUT2D eigenvalue weighted by Gasteiger charge is 2.36. The van der Waals surface area contributed by atoms with Crippen LogP contribution in [0.1, 0.15) is 31.0 Å². The Morgan fingerprint density at radius 2 is 2.20 bits per heavy atom. The summed E-state index contributed by atoms with van der Waals surface area (Å²) in [6.45, 7) is 6.23. The molecule has 1 aliphatic carbocycles. The van der Waals surface area contributed by atoms with E-state index < -0.39 is 0 Å². The second-order valence-electron chi connectivity index (χ2n) is 4.89. The standard InChI is InChI=1S/C11H18ClN3/c1-8-9(10(12)15(3)14-8)6-13-7-11(2)4-5-11/h13H,4-7H2,1-3H3. The maximum Gasteiger partial charge on any atom is 0.131 e. The van der Waals surface area contributed by atoms with Crippen molar-refractivity contribution in [2.24, 2.45) is 12.5 Å². The second-order valence-corrected chi connectivity index (χ2v) is 5.25. The van der Waals surface area contributed by atoms with Gasteiger partial charge in [0.05, 0.1) is 5.69 Å². The highest BCUT2D eigenvalue weighted by atomic mass is 35.5. The lowest BCUT2D eigenvalue weighted by Crippen LogP contribution is -2.21. The van der Waals surface area contributed by atoms with Crippen LogP contribution in [0.25, 0.3) is 0 Å². The molecule has 3 nitrogen and oxygen atoms in total. The topological polar surface area (TPSA) is 29.9 Å². The van der Waals surface area contributed by atoms with Crippen LogP contribution >= 0.6 is 11.6 Å². The predicted octanol–water partition coefficient (Wildman–Crippen LogP) is 2.27. The average Bonchev–Trinajstić information content (AvgIpc) is 2.84. The summed E-state index contributed by atoms with van der Waals surface area (Å²) in [4.78, 5) is 0. The molecule has 1 N–H and O–H groups in total. The maximum absolute atomic E-state index is 6.14. The van der Waals surface area contributed by atoms with Crippen molar-refractivity contribution in [1.82, 2.24) is 15.1 Å². The van der Waals surface area contributed by atoms with E-state index in [1.54, 1.807) is 4.68 Å². The van der Waals surface area contributed by atoms with Gasteiger partial charge in [0.1, 0.15) is 5.15 Å². The molecule has 2 rings (SSSR count). The lowest BCUT2D eigenvalue weighted by molar-refractivity contribution is 0.499. The van der Waals surface area contributed by atoms with Crippen LogP contribution in [0, 0.1) is 12.3 Å². The fraction of sp³-hybridized carbons (Fsp3) is 0.727. The minimum atomic E-state index is 0.544. The monoisotopic (exact) mass is 227 g/mol. The summed E-state index contributed by atoms with van der Waals surface area (Å²) in [6.07, 6.45) is 2.69. The molecule has 0 atom stereocenters. The van der Waals surface area contributed by atoms with Crippen molar-refractivity contribution in [3.05, 3.63) is 16.4 Å². The molecule has 1 aromatic heterocycles. The minimum absolute atomic E-state index is 0.544. The second kappa shape index (κ2) is 3.80. The molecule has 0 aliphatic heterocycles. The number of nitrogens with one attached hydrogen (secondary N) is 1. The van der Waals surface area contributed by atoms with Gasteiger partial charge in [0.2, 0.25) is 0 Å². The van der Waals surface area contributed by atoms with E-state index in [4.69, 9.17) is 11.6 Å². The molecule has 84 valence electrons. The van der Waals surface area contributed by atoms with Crippen LogP contribution in [0.4, 0.5) is 0 Å². The van der Waals surface area contributed by atoms with Crippen molar-refractivity contribution in [3.8, 4) is 0 Å². The van der Waals surface area contributed by atoms with E-state index in [0.29, 0.717) is 5.41 Å². The third-order valence-corrected chi connectivity index (χ3v) is 3.70. The first kappa shape index (κ1) is 11.0. The van der Waals surface area contributed by atoms with Gasteiger partial charge in [-0.05, 0) is 25.2 Å². The average molecular weight is 228 g/mol. The van der Waals surface area contributed by atoms with Crippen LogP contribution in [-0.4, -0.2) is 16.3 Å². The fourth-order valence-electron chi connectivity index (χ4n) is 1.75. The first-order valence-corrected chi connectivity index (χ1v) is 5.78. The summed E-state index contributed by atoms with van der Waals surface area (Å²) < 4.78 is 1.73. The van der Waals surface area contributed by atoms with E-state index in [0.717, 1.165) is 29.5 Å². The molecule has 0 aromatic carbocycles. The Kier molecular flexibility index (Phi) is 2.77. The molecule has 1 aromatic rings. The molecular formula is C11H18ClN3. The van der Waals surface area contributed by atoms with Gasteiger partial charge in [-0.2, -0.15) is 5.10 Å². The summed E-state index contributed by atoms with van der Waals surface area (Å²) in [5.74, 6) is 0. The van der Waals surface area contributed by atoms with Crippen molar-refractivity contribution < 1.29 is 0 Å². The molecule has 0 amide bonds. The van der Waals surface area contributed by atoms with Crippen LogP contribution in [0.2, 0.25) is 5.15 Å². The van der Waals surface area contributed by atoms with Gasteiger partial charge in [0.15, 0.2) is 0 Å². The van der Waals surface area contributed by atoms with Gasteiger partial charge < -0.3 is 5.32 Å². The molecule has 1 aliphatic rings. The van der Waals surface area contributed by atoms with Gasteiger partial charge in [-0.3, -0.25) is 4.68 Å². The summed E-state index contributed by atoms with van der Waals surface area (Å²) in [5, 5.41) is 8.50. The Morgan fingerprint density at radius 1 is 1.53 bits per heavy atom. The van der Waals surface area contributed by atoms with Gasteiger partial charge in [-0.25, -0.2) is 0 Å².